The van der Waals surface area contributed by atoms with Gasteiger partial charge in [-0.15, -0.1) is 0 Å². The lowest BCUT2D eigenvalue weighted by atomic mass is 9.77. The van der Waals surface area contributed by atoms with Crippen LogP contribution in [-0.2, 0) is 10.3 Å². The Labute approximate surface area is 162 Å². The average Bonchev–Trinajstić information content (AvgIpc) is 3.02. The van der Waals surface area contributed by atoms with Crippen LogP contribution in [0.3, 0.4) is 0 Å². The van der Waals surface area contributed by atoms with Gasteiger partial charge in [-0.1, -0.05) is 72.8 Å². The van der Waals surface area contributed by atoms with Crippen LogP contribution in [0.4, 0.5) is 0 Å². The molecule has 0 saturated carbocycles. The Balaban J connectivity index is 1.77. The molecule has 1 unspecified atom stereocenters. The highest BCUT2D eigenvalue weighted by Crippen LogP contribution is 2.57. The van der Waals surface area contributed by atoms with Crippen LogP contribution < -0.4 is 4.74 Å². The van der Waals surface area contributed by atoms with Crippen LogP contribution in [0.25, 0.3) is 21.5 Å². The molecule has 0 aromatic heterocycles. The molecule has 4 aromatic rings. The van der Waals surface area contributed by atoms with E-state index in [0.717, 1.165) is 49.7 Å². The second-order valence-electron chi connectivity index (χ2n) is 7.47. The monoisotopic (exact) mass is 366 g/mol. The maximum atomic E-state index is 10.4. The van der Waals surface area contributed by atoms with Crippen molar-refractivity contribution in [3.63, 3.8) is 0 Å². The minimum atomic E-state index is -0.947. The summed E-state index contributed by atoms with van der Waals surface area (Å²) in [5.74, 6) is 1.59. The third kappa shape index (κ3) is 1.90. The lowest BCUT2D eigenvalue weighted by Gasteiger charge is -2.39. The molecule has 0 aliphatic carbocycles. The van der Waals surface area contributed by atoms with E-state index in [9.17, 15) is 5.11 Å². The second kappa shape index (κ2) is 5.44. The number of fused-ring (bicyclic) bond motifs is 8. The summed E-state index contributed by atoms with van der Waals surface area (Å²) in [6.07, 6.45) is 0.834. The normalized spacial score (nSPS) is 19.4. The predicted molar refractivity (Wildman–Crippen MR) is 110 cm³/mol. The molecule has 1 spiro atoms. The molecular weight excluding hydrogens is 348 g/mol. The van der Waals surface area contributed by atoms with Gasteiger partial charge in [0, 0.05) is 21.9 Å². The number of aliphatic hydroxyl groups is 1. The molecular formula is C25H18O3. The first-order valence-corrected chi connectivity index (χ1v) is 9.45. The average molecular weight is 366 g/mol. The van der Waals surface area contributed by atoms with Crippen LogP contribution in [0, 0.1) is 0 Å². The van der Waals surface area contributed by atoms with Gasteiger partial charge in [0.1, 0.15) is 17.1 Å². The first kappa shape index (κ1) is 15.9. The largest absolute Gasteiger partial charge is 0.455 e. The van der Waals surface area contributed by atoms with Crippen molar-refractivity contribution in [1.29, 1.82) is 0 Å². The zero-order valence-corrected chi connectivity index (χ0v) is 15.3. The lowest BCUT2D eigenvalue weighted by Crippen LogP contribution is -2.34. The van der Waals surface area contributed by atoms with Gasteiger partial charge in [-0.25, -0.2) is 0 Å². The summed E-state index contributed by atoms with van der Waals surface area (Å²) in [4.78, 5) is 0. The summed E-state index contributed by atoms with van der Waals surface area (Å²) in [6.45, 7) is 2.01. The van der Waals surface area contributed by atoms with Gasteiger partial charge in [0.2, 0.25) is 0 Å². The van der Waals surface area contributed by atoms with Gasteiger partial charge >= 0.3 is 0 Å². The summed E-state index contributed by atoms with van der Waals surface area (Å²) < 4.78 is 12.8. The van der Waals surface area contributed by atoms with Gasteiger partial charge in [-0.3, -0.25) is 0 Å². The molecule has 0 bridgehead atoms. The van der Waals surface area contributed by atoms with Crippen LogP contribution in [0.5, 0.6) is 11.5 Å². The predicted octanol–water partition coefficient (Wildman–Crippen LogP) is 5.64. The summed E-state index contributed by atoms with van der Waals surface area (Å²) in [5, 5.41) is 14.7. The van der Waals surface area contributed by atoms with Gasteiger partial charge in [0.05, 0.1) is 0 Å². The maximum absolute atomic E-state index is 10.4. The quantitative estimate of drug-likeness (QED) is 0.410. The Bertz CT molecular complexity index is 1220. The van der Waals surface area contributed by atoms with Crippen molar-refractivity contribution < 1.29 is 14.6 Å². The SMILES string of the molecule is CC1=CC(O)OC12c1ccc3ccccc3c1Oc1c2ccc2ccccc12. The number of aliphatic hydroxyl groups excluding tert-OH is 1. The van der Waals surface area contributed by atoms with Crippen LogP contribution in [0.1, 0.15) is 18.1 Å². The molecule has 0 saturated heterocycles. The van der Waals surface area contributed by atoms with E-state index in [1.807, 2.05) is 31.2 Å². The van der Waals surface area contributed by atoms with Crippen molar-refractivity contribution in [2.75, 3.05) is 0 Å². The maximum Gasteiger partial charge on any atom is 0.176 e. The summed E-state index contributed by atoms with van der Waals surface area (Å²) in [6, 6.07) is 24.7. The minimum Gasteiger partial charge on any atom is -0.455 e. The summed E-state index contributed by atoms with van der Waals surface area (Å²) in [7, 11) is 0. The topological polar surface area (TPSA) is 38.7 Å². The lowest BCUT2D eigenvalue weighted by molar-refractivity contribution is -0.114. The molecule has 0 radical (unpaired) electrons. The van der Waals surface area contributed by atoms with Crippen molar-refractivity contribution in [2.24, 2.45) is 0 Å². The molecule has 6 rings (SSSR count). The fraction of sp³-hybridized carbons (Fsp3) is 0.120. The summed E-state index contributed by atoms with van der Waals surface area (Å²) in [5.41, 5.74) is 1.98. The Morgan fingerprint density at radius 3 is 1.79 bits per heavy atom. The standard InChI is InChI=1S/C25H18O3/c1-15-14-22(26)28-25(15)20-12-10-16-6-2-4-8-18(16)23(20)27-24-19-9-5-3-7-17(19)11-13-21(24)25/h2-14,22,26H,1H3. The van der Waals surface area contributed by atoms with Crippen molar-refractivity contribution in [1.82, 2.24) is 0 Å². The highest BCUT2D eigenvalue weighted by molar-refractivity contribution is 5.95. The smallest absolute Gasteiger partial charge is 0.176 e. The van der Waals surface area contributed by atoms with Crippen LogP contribution in [0.2, 0.25) is 0 Å². The molecule has 2 aliphatic rings. The van der Waals surface area contributed by atoms with E-state index < -0.39 is 11.9 Å². The van der Waals surface area contributed by atoms with Gasteiger partial charge in [0.25, 0.3) is 0 Å². The highest BCUT2D eigenvalue weighted by Gasteiger charge is 2.50. The Morgan fingerprint density at radius 1 is 0.750 bits per heavy atom. The van der Waals surface area contributed by atoms with Crippen molar-refractivity contribution in [2.45, 2.75) is 18.8 Å². The number of benzene rings is 4. The van der Waals surface area contributed by atoms with Crippen LogP contribution in [0.15, 0.2) is 84.4 Å². The molecule has 136 valence electrons. The molecule has 1 N–H and O–H groups in total. The van der Waals surface area contributed by atoms with Gasteiger partial charge < -0.3 is 14.6 Å². The zero-order valence-electron chi connectivity index (χ0n) is 15.3. The fourth-order valence-corrected chi connectivity index (χ4v) is 4.70. The zero-order chi connectivity index (χ0) is 18.9. The third-order valence-corrected chi connectivity index (χ3v) is 5.97. The van der Waals surface area contributed by atoms with E-state index in [4.69, 9.17) is 9.47 Å². The molecule has 3 heteroatoms. The van der Waals surface area contributed by atoms with E-state index >= 15 is 0 Å². The number of rotatable bonds is 0. The van der Waals surface area contributed by atoms with E-state index in [-0.39, 0.29) is 0 Å². The summed E-state index contributed by atoms with van der Waals surface area (Å²) >= 11 is 0. The van der Waals surface area contributed by atoms with E-state index in [1.54, 1.807) is 6.08 Å². The molecule has 0 fully saturated rings. The first-order valence-electron chi connectivity index (χ1n) is 9.45. The van der Waals surface area contributed by atoms with Crippen molar-refractivity contribution in [3.8, 4) is 11.5 Å². The van der Waals surface area contributed by atoms with Crippen LogP contribution >= 0.6 is 0 Å². The van der Waals surface area contributed by atoms with E-state index in [0.29, 0.717) is 0 Å². The van der Waals surface area contributed by atoms with E-state index in [1.165, 1.54) is 0 Å². The van der Waals surface area contributed by atoms with Gasteiger partial charge in [0.15, 0.2) is 6.29 Å². The molecule has 0 amide bonds. The fourth-order valence-electron chi connectivity index (χ4n) is 4.70. The Hall–Kier alpha value is -3.14. The molecule has 2 heterocycles. The molecule has 2 aliphatic heterocycles. The van der Waals surface area contributed by atoms with Crippen molar-refractivity contribution in [3.05, 3.63) is 95.6 Å². The van der Waals surface area contributed by atoms with Gasteiger partial charge in [-0.2, -0.15) is 0 Å². The van der Waals surface area contributed by atoms with Crippen molar-refractivity contribution >= 4 is 21.5 Å². The second-order valence-corrected chi connectivity index (χ2v) is 7.47. The Morgan fingerprint density at radius 2 is 1.29 bits per heavy atom. The van der Waals surface area contributed by atoms with Gasteiger partial charge in [-0.05, 0) is 29.3 Å². The third-order valence-electron chi connectivity index (χ3n) is 5.97. The van der Waals surface area contributed by atoms with Crippen LogP contribution in [-0.4, -0.2) is 11.4 Å². The first-order chi connectivity index (χ1) is 13.7. The molecule has 4 aromatic carbocycles. The molecule has 1 atom stereocenters. The number of hydrogen-bond donors (Lipinski definition) is 1. The minimum absolute atomic E-state index is 0.795. The highest BCUT2D eigenvalue weighted by atomic mass is 16.6. The number of ether oxygens (including phenoxy) is 2. The molecule has 3 nitrogen and oxygen atoms in total. The Kier molecular flexibility index (Phi) is 3.09. The molecule has 28 heavy (non-hydrogen) atoms. The number of hydrogen-bond acceptors (Lipinski definition) is 3. The van der Waals surface area contributed by atoms with E-state index in [2.05, 4.69) is 48.5 Å².